The highest BCUT2D eigenvalue weighted by Gasteiger charge is 2.07. The molecule has 0 radical (unpaired) electrons. The molecule has 0 atom stereocenters. The molecule has 0 aromatic heterocycles. The molecule has 2 N–H and O–H groups in total. The molecule has 0 heterocycles. The quantitative estimate of drug-likeness (QED) is 0.587. The summed E-state index contributed by atoms with van der Waals surface area (Å²) in [6.07, 6.45) is 0.501. The van der Waals surface area contributed by atoms with Crippen LogP contribution in [-0.4, -0.2) is 24.9 Å². The summed E-state index contributed by atoms with van der Waals surface area (Å²) in [7, 11) is 0. The average Bonchev–Trinajstić information content (AvgIpc) is 2.39. The fourth-order valence-electron chi connectivity index (χ4n) is 1.39. The van der Waals surface area contributed by atoms with Crippen molar-refractivity contribution in [3.8, 4) is 6.07 Å². The van der Waals surface area contributed by atoms with Crippen LogP contribution in [0.5, 0.6) is 0 Å². The Bertz CT molecular complexity index is 497. The molecule has 6 heteroatoms. The molecule has 0 aliphatic heterocycles. The van der Waals surface area contributed by atoms with Crippen LogP contribution in [0.2, 0.25) is 0 Å². The van der Waals surface area contributed by atoms with E-state index in [1.807, 2.05) is 18.2 Å². The standard InChI is InChI=1S/C13H14IN3O2/c14-11-5-2-1-4-10(11)13(19)17-9-3-8-16-12(18)6-7-15/h1-2,4-5H,3,6,8-9H2,(H,16,18)(H,17,19). The van der Waals surface area contributed by atoms with Crippen LogP contribution >= 0.6 is 22.6 Å². The van der Waals surface area contributed by atoms with Gasteiger partial charge in [-0.15, -0.1) is 0 Å². The van der Waals surface area contributed by atoms with Gasteiger partial charge in [-0.3, -0.25) is 9.59 Å². The molecule has 0 unspecified atom stereocenters. The Labute approximate surface area is 125 Å². The molecule has 0 bridgehead atoms. The number of hydrogen-bond donors (Lipinski definition) is 2. The van der Waals surface area contributed by atoms with Crippen LogP contribution in [0.15, 0.2) is 24.3 Å². The van der Waals surface area contributed by atoms with Crippen molar-refractivity contribution in [3.63, 3.8) is 0 Å². The molecular weight excluding hydrogens is 357 g/mol. The van der Waals surface area contributed by atoms with Gasteiger partial charge in [0.2, 0.25) is 5.91 Å². The maximum atomic E-state index is 11.8. The van der Waals surface area contributed by atoms with Crippen molar-refractivity contribution in [1.82, 2.24) is 10.6 Å². The maximum Gasteiger partial charge on any atom is 0.252 e. The lowest BCUT2D eigenvalue weighted by atomic mass is 10.2. The third-order valence-corrected chi connectivity index (χ3v) is 3.26. The summed E-state index contributed by atoms with van der Waals surface area (Å²) in [6, 6.07) is 9.11. The smallest absolute Gasteiger partial charge is 0.252 e. The number of carbonyl (C=O) groups excluding carboxylic acids is 2. The molecule has 1 aromatic rings. The fraction of sp³-hybridized carbons (Fsp3) is 0.308. The van der Waals surface area contributed by atoms with Gasteiger partial charge in [-0.1, -0.05) is 12.1 Å². The van der Waals surface area contributed by atoms with E-state index < -0.39 is 0 Å². The topological polar surface area (TPSA) is 82.0 Å². The number of rotatable bonds is 6. The van der Waals surface area contributed by atoms with Crippen molar-refractivity contribution in [1.29, 1.82) is 5.26 Å². The van der Waals surface area contributed by atoms with Gasteiger partial charge in [0.15, 0.2) is 0 Å². The highest BCUT2D eigenvalue weighted by atomic mass is 127. The average molecular weight is 371 g/mol. The van der Waals surface area contributed by atoms with E-state index in [4.69, 9.17) is 5.26 Å². The van der Waals surface area contributed by atoms with E-state index in [2.05, 4.69) is 33.2 Å². The van der Waals surface area contributed by atoms with E-state index in [0.717, 1.165) is 3.57 Å². The molecule has 0 aliphatic carbocycles. The summed E-state index contributed by atoms with van der Waals surface area (Å²) in [5, 5.41) is 13.7. The predicted octanol–water partition coefficient (Wildman–Crippen LogP) is 1.44. The van der Waals surface area contributed by atoms with Gasteiger partial charge in [-0.05, 0) is 41.1 Å². The SMILES string of the molecule is N#CCC(=O)NCCCNC(=O)c1ccccc1I. The summed E-state index contributed by atoms with van der Waals surface area (Å²) >= 11 is 2.11. The predicted molar refractivity (Wildman–Crippen MR) is 79.3 cm³/mol. The summed E-state index contributed by atoms with van der Waals surface area (Å²) in [5.41, 5.74) is 0.650. The first-order valence-electron chi connectivity index (χ1n) is 5.81. The van der Waals surface area contributed by atoms with Crippen molar-refractivity contribution in [2.45, 2.75) is 12.8 Å². The van der Waals surface area contributed by atoms with Crippen molar-refractivity contribution in [2.75, 3.05) is 13.1 Å². The number of nitriles is 1. The van der Waals surface area contributed by atoms with Gasteiger partial charge >= 0.3 is 0 Å². The molecule has 0 saturated heterocycles. The van der Waals surface area contributed by atoms with Gasteiger partial charge in [0.25, 0.3) is 5.91 Å². The van der Waals surface area contributed by atoms with Gasteiger partial charge < -0.3 is 10.6 Å². The van der Waals surface area contributed by atoms with Crippen LogP contribution in [0.1, 0.15) is 23.2 Å². The molecule has 19 heavy (non-hydrogen) atoms. The van der Waals surface area contributed by atoms with Crippen molar-refractivity contribution >= 4 is 34.4 Å². The van der Waals surface area contributed by atoms with Crippen LogP contribution in [0.3, 0.4) is 0 Å². The van der Waals surface area contributed by atoms with E-state index in [9.17, 15) is 9.59 Å². The van der Waals surface area contributed by atoms with Gasteiger partial charge in [-0.2, -0.15) is 5.26 Å². The van der Waals surface area contributed by atoms with Crippen LogP contribution in [0.25, 0.3) is 0 Å². The van der Waals surface area contributed by atoms with E-state index in [1.54, 1.807) is 12.1 Å². The largest absolute Gasteiger partial charge is 0.355 e. The number of hydrogen-bond acceptors (Lipinski definition) is 3. The van der Waals surface area contributed by atoms with E-state index in [0.29, 0.717) is 25.1 Å². The molecule has 2 amide bonds. The Morgan fingerprint density at radius 2 is 1.89 bits per heavy atom. The first kappa shape index (κ1) is 15.4. The minimum absolute atomic E-state index is 0.117. The molecule has 1 rings (SSSR count). The number of nitrogens with one attached hydrogen (secondary N) is 2. The van der Waals surface area contributed by atoms with Gasteiger partial charge in [0.1, 0.15) is 6.42 Å². The lowest BCUT2D eigenvalue weighted by Gasteiger charge is -2.07. The second-order valence-corrected chi connectivity index (χ2v) is 4.94. The lowest BCUT2D eigenvalue weighted by Crippen LogP contribution is -2.29. The first-order valence-corrected chi connectivity index (χ1v) is 6.89. The number of benzene rings is 1. The van der Waals surface area contributed by atoms with E-state index >= 15 is 0 Å². The lowest BCUT2D eigenvalue weighted by molar-refractivity contribution is -0.120. The fourth-order valence-corrected chi connectivity index (χ4v) is 2.03. The van der Waals surface area contributed by atoms with Crippen molar-refractivity contribution in [3.05, 3.63) is 33.4 Å². The first-order chi connectivity index (χ1) is 9.15. The second-order valence-electron chi connectivity index (χ2n) is 3.77. The molecule has 1 aromatic carbocycles. The highest BCUT2D eigenvalue weighted by Crippen LogP contribution is 2.10. The van der Waals surface area contributed by atoms with Crippen LogP contribution in [-0.2, 0) is 4.79 Å². The number of nitrogens with zero attached hydrogens (tertiary/aromatic N) is 1. The number of halogens is 1. The minimum Gasteiger partial charge on any atom is -0.355 e. The zero-order valence-corrected chi connectivity index (χ0v) is 12.4. The van der Waals surface area contributed by atoms with Crippen LogP contribution in [0.4, 0.5) is 0 Å². The van der Waals surface area contributed by atoms with Crippen molar-refractivity contribution in [2.24, 2.45) is 0 Å². The third-order valence-electron chi connectivity index (χ3n) is 2.32. The summed E-state index contributed by atoms with van der Waals surface area (Å²) in [6.45, 7) is 0.934. The highest BCUT2D eigenvalue weighted by molar-refractivity contribution is 14.1. The summed E-state index contributed by atoms with van der Waals surface area (Å²) in [4.78, 5) is 22.8. The Kier molecular flexibility index (Phi) is 6.89. The normalized spacial score (nSPS) is 9.47. The Morgan fingerprint density at radius 1 is 1.21 bits per heavy atom. The van der Waals surface area contributed by atoms with Crippen LogP contribution in [0, 0.1) is 14.9 Å². The molecule has 0 fully saturated rings. The molecule has 0 aliphatic rings. The summed E-state index contributed by atoms with van der Waals surface area (Å²) < 4.78 is 0.903. The maximum absolute atomic E-state index is 11.8. The minimum atomic E-state index is -0.286. The summed E-state index contributed by atoms with van der Waals surface area (Å²) in [5.74, 6) is -0.403. The van der Waals surface area contributed by atoms with Gasteiger partial charge in [-0.25, -0.2) is 0 Å². The van der Waals surface area contributed by atoms with Crippen molar-refractivity contribution < 1.29 is 9.59 Å². The zero-order chi connectivity index (χ0) is 14.1. The number of carbonyl (C=O) groups is 2. The third kappa shape index (κ3) is 5.70. The monoisotopic (exact) mass is 371 g/mol. The van der Waals surface area contributed by atoms with Gasteiger partial charge in [0, 0.05) is 16.7 Å². The Hall–Kier alpha value is -1.62. The van der Waals surface area contributed by atoms with E-state index in [-0.39, 0.29) is 18.2 Å². The Balaban J connectivity index is 2.24. The zero-order valence-electron chi connectivity index (χ0n) is 10.3. The Morgan fingerprint density at radius 3 is 2.58 bits per heavy atom. The second kappa shape index (κ2) is 8.48. The molecule has 5 nitrogen and oxygen atoms in total. The molecule has 0 saturated carbocycles. The molecular formula is C13H14IN3O2. The van der Waals surface area contributed by atoms with E-state index in [1.165, 1.54) is 0 Å². The van der Waals surface area contributed by atoms with Gasteiger partial charge in [0.05, 0.1) is 11.6 Å². The van der Waals surface area contributed by atoms with Crippen LogP contribution < -0.4 is 10.6 Å². The number of amides is 2. The molecule has 0 spiro atoms. The molecule has 100 valence electrons.